The average Bonchev–Trinajstić information content (AvgIpc) is 3.29. The van der Waals surface area contributed by atoms with Crippen LogP contribution in [0, 0.1) is 11.7 Å². The van der Waals surface area contributed by atoms with Gasteiger partial charge in [-0.1, -0.05) is 23.9 Å². The van der Waals surface area contributed by atoms with Gasteiger partial charge < -0.3 is 0 Å². The van der Waals surface area contributed by atoms with Crippen LogP contribution in [0.2, 0.25) is 0 Å². The van der Waals surface area contributed by atoms with Crippen LogP contribution in [-0.2, 0) is 9.59 Å². The van der Waals surface area contributed by atoms with Gasteiger partial charge in [0.15, 0.2) is 5.78 Å². The van der Waals surface area contributed by atoms with Gasteiger partial charge in [0.05, 0.1) is 6.04 Å². The fraction of sp³-hybridized carbons (Fsp3) is 0.444. The van der Waals surface area contributed by atoms with E-state index >= 15 is 0 Å². The van der Waals surface area contributed by atoms with E-state index in [0.29, 0.717) is 6.54 Å². The highest BCUT2D eigenvalue weighted by Crippen LogP contribution is 2.41. The van der Waals surface area contributed by atoms with Crippen LogP contribution in [0.25, 0.3) is 0 Å². The predicted molar refractivity (Wildman–Crippen MR) is 87.5 cm³/mol. The molecule has 0 bridgehead atoms. The maximum Gasteiger partial charge on any atom is 0.212 e. The number of nitrogens with zero attached hydrogens (tertiary/aromatic N) is 1. The molecule has 120 valence electrons. The molecule has 1 saturated heterocycles. The number of Topliss-reactive ketones (excluding diaryl/α,β-unsaturated/α-hetero) is 1. The standard InChI is InChI=1S/C18H18FNO2S/c19-14-3-1-2-12(8-14)17(18(22)11-4-5-11)20-7-6-15-13(10-20)9-16(21)23-15/h1-3,8-9,11,15,17H,4-7,10H2. The Balaban J connectivity index is 1.64. The number of carbonyl (C=O) groups is 2. The van der Waals surface area contributed by atoms with E-state index in [2.05, 4.69) is 4.90 Å². The van der Waals surface area contributed by atoms with Crippen molar-refractivity contribution >= 4 is 22.7 Å². The maximum absolute atomic E-state index is 13.7. The molecule has 5 heteroatoms. The fourth-order valence-electron chi connectivity index (χ4n) is 3.53. The van der Waals surface area contributed by atoms with E-state index in [1.54, 1.807) is 12.1 Å². The largest absolute Gasteiger partial charge is 0.297 e. The number of hydrogen-bond acceptors (Lipinski definition) is 4. The summed E-state index contributed by atoms with van der Waals surface area (Å²) in [5.74, 6) is 0.0120. The molecular weight excluding hydrogens is 313 g/mol. The van der Waals surface area contributed by atoms with Crippen LogP contribution in [-0.4, -0.2) is 34.1 Å². The molecule has 2 aliphatic heterocycles. The van der Waals surface area contributed by atoms with Gasteiger partial charge in [-0.15, -0.1) is 0 Å². The van der Waals surface area contributed by atoms with Crippen molar-refractivity contribution in [1.82, 2.24) is 4.90 Å². The molecular formula is C18H18FNO2S. The summed E-state index contributed by atoms with van der Waals surface area (Å²) in [6.45, 7) is 1.39. The molecule has 0 spiro atoms. The number of halogens is 1. The Kier molecular flexibility index (Phi) is 3.85. The molecule has 2 fully saturated rings. The van der Waals surface area contributed by atoms with Gasteiger partial charge in [-0.3, -0.25) is 14.5 Å². The summed E-state index contributed by atoms with van der Waals surface area (Å²) in [5, 5.41) is 0.380. The molecule has 3 aliphatic rings. The van der Waals surface area contributed by atoms with E-state index in [-0.39, 0.29) is 33.9 Å². The SMILES string of the molecule is O=C1C=C2CN(C(C(=O)C3CC3)c3cccc(F)c3)CCC2S1. The summed E-state index contributed by atoms with van der Waals surface area (Å²) < 4.78 is 13.7. The maximum atomic E-state index is 13.7. The van der Waals surface area contributed by atoms with Crippen molar-refractivity contribution in [2.75, 3.05) is 13.1 Å². The monoisotopic (exact) mass is 331 g/mol. The second-order valence-electron chi connectivity index (χ2n) is 6.54. The lowest BCUT2D eigenvalue weighted by atomic mass is 9.94. The van der Waals surface area contributed by atoms with Gasteiger partial charge in [0.1, 0.15) is 5.82 Å². The Hall–Kier alpha value is -1.46. The minimum absolute atomic E-state index is 0.114. The summed E-state index contributed by atoms with van der Waals surface area (Å²) in [6, 6.07) is 5.99. The molecule has 3 nitrogen and oxygen atoms in total. The first-order valence-corrected chi connectivity index (χ1v) is 8.94. The van der Waals surface area contributed by atoms with E-state index in [0.717, 1.165) is 36.9 Å². The number of benzene rings is 1. The number of hydrogen-bond donors (Lipinski definition) is 0. The molecule has 2 unspecified atom stereocenters. The molecule has 0 radical (unpaired) electrons. The fourth-order valence-corrected chi connectivity index (χ4v) is 4.54. The summed E-state index contributed by atoms with van der Waals surface area (Å²) in [5.41, 5.74) is 1.84. The van der Waals surface area contributed by atoms with Crippen LogP contribution in [0.3, 0.4) is 0 Å². The Labute approximate surface area is 138 Å². The van der Waals surface area contributed by atoms with Gasteiger partial charge in [0.2, 0.25) is 5.12 Å². The first-order valence-electron chi connectivity index (χ1n) is 8.06. The quantitative estimate of drug-likeness (QED) is 0.849. The lowest BCUT2D eigenvalue weighted by Crippen LogP contribution is -2.42. The summed E-state index contributed by atoms with van der Waals surface area (Å²) in [6.07, 6.45) is 4.47. The van der Waals surface area contributed by atoms with E-state index in [1.165, 1.54) is 23.9 Å². The van der Waals surface area contributed by atoms with Crippen molar-refractivity contribution in [1.29, 1.82) is 0 Å². The minimum atomic E-state index is -0.388. The normalized spacial score (nSPS) is 25.9. The van der Waals surface area contributed by atoms with Crippen molar-refractivity contribution in [2.24, 2.45) is 5.92 Å². The van der Waals surface area contributed by atoms with Gasteiger partial charge in [0.25, 0.3) is 0 Å². The molecule has 1 aromatic carbocycles. The number of rotatable bonds is 4. The van der Waals surface area contributed by atoms with E-state index in [9.17, 15) is 14.0 Å². The summed E-state index contributed by atoms with van der Waals surface area (Å²) in [7, 11) is 0. The molecule has 2 atom stereocenters. The van der Waals surface area contributed by atoms with Crippen LogP contribution in [0.15, 0.2) is 35.9 Å². The first kappa shape index (κ1) is 15.1. The van der Waals surface area contributed by atoms with Crippen LogP contribution < -0.4 is 0 Å². The van der Waals surface area contributed by atoms with Crippen LogP contribution in [0.5, 0.6) is 0 Å². The number of piperidine rings is 1. The van der Waals surface area contributed by atoms with Crippen LogP contribution >= 0.6 is 11.8 Å². The Morgan fingerprint density at radius 2 is 2.13 bits per heavy atom. The highest BCUT2D eigenvalue weighted by atomic mass is 32.2. The van der Waals surface area contributed by atoms with E-state index in [1.807, 2.05) is 6.07 Å². The lowest BCUT2D eigenvalue weighted by Gasteiger charge is -2.37. The van der Waals surface area contributed by atoms with Crippen molar-refractivity contribution in [3.8, 4) is 0 Å². The Bertz CT molecular complexity index is 698. The Morgan fingerprint density at radius 3 is 2.87 bits per heavy atom. The third-order valence-corrected chi connectivity index (χ3v) is 5.99. The van der Waals surface area contributed by atoms with Gasteiger partial charge in [-0.05, 0) is 48.6 Å². The number of carbonyl (C=O) groups excluding carboxylic acids is 2. The zero-order valence-corrected chi connectivity index (χ0v) is 13.5. The van der Waals surface area contributed by atoms with Crippen molar-refractivity contribution in [2.45, 2.75) is 30.6 Å². The molecule has 1 saturated carbocycles. The third kappa shape index (κ3) is 3.00. The molecule has 1 aliphatic carbocycles. The zero-order valence-electron chi connectivity index (χ0n) is 12.7. The predicted octanol–water partition coefficient (Wildman–Crippen LogP) is 3.12. The van der Waals surface area contributed by atoms with Crippen molar-refractivity contribution in [3.05, 3.63) is 47.3 Å². The second kappa shape index (κ2) is 5.87. The lowest BCUT2D eigenvalue weighted by molar-refractivity contribution is -0.125. The number of fused-ring (bicyclic) bond motifs is 1. The molecule has 23 heavy (non-hydrogen) atoms. The van der Waals surface area contributed by atoms with Crippen LogP contribution in [0.4, 0.5) is 4.39 Å². The van der Waals surface area contributed by atoms with Crippen molar-refractivity contribution in [3.63, 3.8) is 0 Å². The molecule has 4 rings (SSSR count). The van der Waals surface area contributed by atoms with Gasteiger partial charge >= 0.3 is 0 Å². The van der Waals surface area contributed by atoms with Gasteiger partial charge in [-0.25, -0.2) is 4.39 Å². The number of ketones is 1. The number of thioether (sulfide) groups is 1. The van der Waals surface area contributed by atoms with E-state index in [4.69, 9.17) is 0 Å². The smallest absolute Gasteiger partial charge is 0.212 e. The Morgan fingerprint density at radius 1 is 1.30 bits per heavy atom. The van der Waals surface area contributed by atoms with Crippen molar-refractivity contribution < 1.29 is 14.0 Å². The molecule has 0 amide bonds. The summed E-state index contributed by atoms with van der Waals surface area (Å²) >= 11 is 1.39. The molecule has 0 N–H and O–H groups in total. The number of likely N-dealkylation sites (tertiary alicyclic amines) is 1. The zero-order chi connectivity index (χ0) is 16.0. The second-order valence-corrected chi connectivity index (χ2v) is 7.75. The topological polar surface area (TPSA) is 37.4 Å². The van der Waals surface area contributed by atoms with Crippen LogP contribution in [0.1, 0.15) is 30.9 Å². The average molecular weight is 331 g/mol. The van der Waals surface area contributed by atoms with E-state index < -0.39 is 0 Å². The molecule has 0 aromatic heterocycles. The molecule has 1 aromatic rings. The minimum Gasteiger partial charge on any atom is -0.297 e. The van der Waals surface area contributed by atoms with Gasteiger partial charge in [0, 0.05) is 24.3 Å². The highest BCUT2D eigenvalue weighted by molar-refractivity contribution is 8.15. The first-order chi connectivity index (χ1) is 11.1. The highest BCUT2D eigenvalue weighted by Gasteiger charge is 2.41. The molecule has 2 heterocycles. The summed E-state index contributed by atoms with van der Waals surface area (Å²) in [4.78, 5) is 26.5. The van der Waals surface area contributed by atoms with Gasteiger partial charge in [-0.2, -0.15) is 0 Å². The third-order valence-electron chi connectivity index (χ3n) is 4.82.